The lowest BCUT2D eigenvalue weighted by atomic mass is 9.83. The van der Waals surface area contributed by atoms with Crippen molar-refractivity contribution < 1.29 is 18.4 Å². The molecule has 0 aliphatic heterocycles. The van der Waals surface area contributed by atoms with E-state index in [0.29, 0.717) is 20.9 Å². The van der Waals surface area contributed by atoms with Crippen LogP contribution in [0.3, 0.4) is 0 Å². The van der Waals surface area contributed by atoms with Crippen molar-refractivity contribution in [3.63, 3.8) is 0 Å². The van der Waals surface area contributed by atoms with Crippen molar-refractivity contribution in [3.05, 3.63) is 113 Å². The number of hydrogen-bond acceptors (Lipinski definition) is 5. The van der Waals surface area contributed by atoms with Gasteiger partial charge in [0, 0.05) is 42.0 Å². The number of fused-ring (bicyclic) bond motifs is 2. The predicted octanol–water partition coefficient (Wildman–Crippen LogP) is 6.62. The van der Waals surface area contributed by atoms with Crippen molar-refractivity contribution in [1.82, 2.24) is 0 Å². The Morgan fingerprint density at radius 3 is 1.70 bits per heavy atom. The minimum absolute atomic E-state index is 0.173. The van der Waals surface area contributed by atoms with Crippen molar-refractivity contribution in [2.45, 2.75) is 19.6 Å². The van der Waals surface area contributed by atoms with Gasteiger partial charge in [-0.05, 0) is 66.7 Å². The second-order valence-electron chi connectivity index (χ2n) is 7.35. The van der Waals surface area contributed by atoms with E-state index in [1.54, 1.807) is 54.6 Å². The van der Waals surface area contributed by atoms with E-state index in [4.69, 9.17) is 5.73 Å². The molecule has 0 aromatic heterocycles. The maximum Gasteiger partial charge on any atom is 0.197 e. The van der Waals surface area contributed by atoms with Gasteiger partial charge in [0.1, 0.15) is 11.6 Å². The molecule has 162 valence electrons. The Kier molecular flexibility index (Phi) is 5.52. The van der Waals surface area contributed by atoms with Crippen LogP contribution in [-0.4, -0.2) is 11.6 Å². The van der Waals surface area contributed by atoms with Crippen LogP contribution in [0.1, 0.15) is 31.8 Å². The minimum atomic E-state index is -0.356. The lowest BCUT2D eigenvalue weighted by molar-refractivity contribution is 0.0975. The molecule has 4 aromatic rings. The highest BCUT2D eigenvalue weighted by Gasteiger charge is 2.35. The largest absolute Gasteiger partial charge is 0.398 e. The van der Waals surface area contributed by atoms with Gasteiger partial charge in [0.2, 0.25) is 0 Å². The molecule has 3 nitrogen and oxygen atoms in total. The van der Waals surface area contributed by atoms with E-state index in [0.717, 1.165) is 9.79 Å². The average Bonchev–Trinajstić information content (AvgIpc) is 2.81. The Hall–Kier alpha value is -3.42. The number of benzene rings is 4. The fraction of sp³-hybridized carbons (Fsp3) is 0. The second-order valence-corrected chi connectivity index (χ2v) is 9.58. The topological polar surface area (TPSA) is 60.2 Å². The van der Waals surface area contributed by atoms with Crippen LogP contribution in [0.25, 0.3) is 0 Å². The molecular weight excluding hydrogens is 460 g/mol. The lowest BCUT2D eigenvalue weighted by Crippen LogP contribution is -2.24. The molecule has 0 saturated carbocycles. The average molecular weight is 476 g/mol. The van der Waals surface area contributed by atoms with Crippen LogP contribution in [0.2, 0.25) is 0 Å². The van der Waals surface area contributed by atoms with Gasteiger partial charge < -0.3 is 5.73 Å². The Morgan fingerprint density at radius 1 is 0.576 bits per heavy atom. The van der Waals surface area contributed by atoms with Gasteiger partial charge >= 0.3 is 0 Å². The highest BCUT2D eigenvalue weighted by molar-refractivity contribution is 7.99. The smallest absolute Gasteiger partial charge is 0.197 e. The van der Waals surface area contributed by atoms with Crippen molar-refractivity contribution in [1.29, 1.82) is 0 Å². The number of carbonyl (C=O) groups excluding carboxylic acids is 2. The van der Waals surface area contributed by atoms with Gasteiger partial charge in [-0.25, -0.2) is 8.78 Å². The number of halogens is 2. The van der Waals surface area contributed by atoms with Crippen molar-refractivity contribution in [2.24, 2.45) is 0 Å². The summed E-state index contributed by atoms with van der Waals surface area (Å²) in [5, 5.41) is 0. The first-order valence-corrected chi connectivity index (χ1v) is 11.6. The van der Waals surface area contributed by atoms with E-state index in [1.807, 2.05) is 0 Å². The SMILES string of the molecule is Nc1ccc(Sc2ccc(F)cc2)c2c1C(=O)c1c(Sc3ccc(F)cc3)cccc1C2=O. The third kappa shape index (κ3) is 3.94. The van der Waals surface area contributed by atoms with E-state index in [9.17, 15) is 18.4 Å². The van der Waals surface area contributed by atoms with Gasteiger partial charge in [0.25, 0.3) is 0 Å². The van der Waals surface area contributed by atoms with Crippen LogP contribution in [0.5, 0.6) is 0 Å². The highest BCUT2D eigenvalue weighted by atomic mass is 32.2. The first-order chi connectivity index (χ1) is 15.9. The predicted molar refractivity (Wildman–Crippen MR) is 125 cm³/mol. The number of hydrogen-bond donors (Lipinski definition) is 1. The van der Waals surface area contributed by atoms with Gasteiger partial charge in [-0.15, -0.1) is 0 Å². The van der Waals surface area contributed by atoms with Crippen molar-refractivity contribution in [3.8, 4) is 0 Å². The maximum absolute atomic E-state index is 13.6. The van der Waals surface area contributed by atoms with Crippen LogP contribution in [0.15, 0.2) is 98.4 Å². The molecule has 4 aromatic carbocycles. The van der Waals surface area contributed by atoms with E-state index in [2.05, 4.69) is 0 Å². The van der Waals surface area contributed by atoms with E-state index in [-0.39, 0.29) is 40.0 Å². The van der Waals surface area contributed by atoms with Crippen LogP contribution in [0.4, 0.5) is 14.5 Å². The van der Waals surface area contributed by atoms with Gasteiger partial charge in [0.05, 0.1) is 5.56 Å². The monoisotopic (exact) mass is 475 g/mol. The third-order valence-electron chi connectivity index (χ3n) is 5.23. The molecule has 0 atom stereocenters. The summed E-state index contributed by atoms with van der Waals surface area (Å²) in [6.07, 6.45) is 0. The van der Waals surface area contributed by atoms with Crippen molar-refractivity contribution in [2.75, 3.05) is 5.73 Å². The molecule has 0 heterocycles. The summed E-state index contributed by atoms with van der Waals surface area (Å²) >= 11 is 2.56. The molecule has 0 unspecified atom stereocenters. The maximum atomic E-state index is 13.6. The Bertz CT molecular complexity index is 1420. The van der Waals surface area contributed by atoms with Crippen LogP contribution in [0, 0.1) is 11.6 Å². The molecule has 0 fully saturated rings. The van der Waals surface area contributed by atoms with Gasteiger partial charge in [0.15, 0.2) is 11.6 Å². The third-order valence-corrected chi connectivity index (χ3v) is 7.37. The molecule has 2 N–H and O–H groups in total. The molecule has 0 amide bonds. The first kappa shape index (κ1) is 21.4. The summed E-state index contributed by atoms with van der Waals surface area (Å²) in [5.41, 5.74) is 7.41. The molecular formula is C26H15F2NO2S2. The fourth-order valence-electron chi connectivity index (χ4n) is 3.71. The Morgan fingerprint density at radius 2 is 1.12 bits per heavy atom. The Balaban J connectivity index is 1.60. The number of nitrogen functional groups attached to an aromatic ring is 1. The van der Waals surface area contributed by atoms with Crippen LogP contribution >= 0.6 is 23.5 Å². The number of ketones is 2. The summed E-state index contributed by atoms with van der Waals surface area (Å²) in [6, 6.07) is 20.3. The zero-order valence-electron chi connectivity index (χ0n) is 17.0. The van der Waals surface area contributed by atoms with Gasteiger partial charge in [-0.3, -0.25) is 9.59 Å². The van der Waals surface area contributed by atoms with E-state index >= 15 is 0 Å². The van der Waals surface area contributed by atoms with E-state index < -0.39 is 0 Å². The van der Waals surface area contributed by atoms with Crippen LogP contribution in [-0.2, 0) is 0 Å². The standard InChI is InChI=1S/C26H15F2NO2S2/c27-14-4-8-16(9-5-14)32-20-3-1-2-18-22(20)26(31)23-19(29)12-13-21(24(23)25(18)30)33-17-10-6-15(28)7-11-17/h1-13H,29H2. The summed E-state index contributed by atoms with van der Waals surface area (Å²) in [6.45, 7) is 0. The molecule has 7 heteroatoms. The Labute approximate surface area is 197 Å². The van der Waals surface area contributed by atoms with Crippen LogP contribution < -0.4 is 5.73 Å². The second kappa shape index (κ2) is 8.50. The van der Waals surface area contributed by atoms with Crippen molar-refractivity contribution >= 4 is 40.8 Å². The molecule has 33 heavy (non-hydrogen) atoms. The highest BCUT2D eigenvalue weighted by Crippen LogP contribution is 2.42. The van der Waals surface area contributed by atoms with Gasteiger partial charge in [-0.1, -0.05) is 35.7 Å². The summed E-state index contributed by atoms with van der Waals surface area (Å²) in [7, 11) is 0. The zero-order chi connectivity index (χ0) is 23.1. The molecule has 1 aliphatic carbocycles. The summed E-state index contributed by atoms with van der Waals surface area (Å²) in [4.78, 5) is 29.8. The molecule has 5 rings (SSSR count). The molecule has 0 radical (unpaired) electrons. The first-order valence-electron chi connectivity index (χ1n) is 9.94. The number of nitrogens with two attached hydrogens (primary N) is 1. The molecule has 0 saturated heterocycles. The summed E-state index contributed by atoms with van der Waals surface area (Å²) in [5.74, 6) is -1.33. The van der Waals surface area contributed by atoms with Gasteiger partial charge in [-0.2, -0.15) is 0 Å². The molecule has 1 aliphatic rings. The number of anilines is 1. The molecule has 0 spiro atoms. The number of rotatable bonds is 4. The van der Waals surface area contributed by atoms with E-state index in [1.165, 1.54) is 47.8 Å². The quantitative estimate of drug-likeness (QED) is 0.296. The fourth-order valence-corrected chi connectivity index (χ4v) is 5.65. The number of carbonyl (C=O) groups is 2. The molecule has 0 bridgehead atoms. The normalized spacial score (nSPS) is 12.4. The lowest BCUT2D eigenvalue weighted by Gasteiger charge is -2.23. The zero-order valence-corrected chi connectivity index (χ0v) is 18.6. The minimum Gasteiger partial charge on any atom is -0.398 e. The summed E-state index contributed by atoms with van der Waals surface area (Å²) < 4.78 is 26.6.